The van der Waals surface area contributed by atoms with Gasteiger partial charge in [-0.05, 0) is 37.0 Å². The van der Waals surface area contributed by atoms with Crippen LogP contribution in [0.15, 0.2) is 24.5 Å². The van der Waals surface area contributed by atoms with Gasteiger partial charge in [-0.3, -0.25) is 9.78 Å². The molecule has 2 rings (SSSR count). The largest absolute Gasteiger partial charge is 0.341 e. The van der Waals surface area contributed by atoms with Crippen LogP contribution in [0.5, 0.6) is 0 Å². The first-order valence-corrected chi connectivity index (χ1v) is 7.10. The molecule has 2 heterocycles. The molecule has 0 aromatic carbocycles. The predicted molar refractivity (Wildman–Crippen MR) is 75.8 cm³/mol. The van der Waals surface area contributed by atoms with Crippen LogP contribution in [-0.2, 0) is 11.2 Å². The summed E-state index contributed by atoms with van der Waals surface area (Å²) in [5.74, 6) is 0.258. The van der Waals surface area contributed by atoms with Crippen LogP contribution in [0.2, 0.25) is 0 Å². The molecule has 104 valence electrons. The molecular weight excluding hydrogens is 238 g/mol. The number of aromatic nitrogens is 1. The average Bonchev–Trinajstić information content (AvgIpc) is 2.40. The lowest BCUT2D eigenvalue weighted by Gasteiger charge is -2.33. The normalized spacial score (nSPS) is 20.1. The minimum Gasteiger partial charge on any atom is -0.341 e. The lowest BCUT2D eigenvalue weighted by molar-refractivity contribution is -0.136. The number of carbonyl (C=O) groups is 1. The number of carbonyl (C=O) groups excluding carboxylic acids is 1. The van der Waals surface area contributed by atoms with Crippen LogP contribution in [0.4, 0.5) is 0 Å². The van der Waals surface area contributed by atoms with Gasteiger partial charge in [-0.1, -0.05) is 13.8 Å². The van der Waals surface area contributed by atoms with E-state index in [2.05, 4.69) is 24.1 Å². The van der Waals surface area contributed by atoms with E-state index in [1.807, 2.05) is 17.0 Å². The molecule has 1 amide bonds. The number of hydrogen-bond donors (Lipinski definition) is 1. The Morgan fingerprint density at radius 3 is 2.84 bits per heavy atom. The molecule has 1 atom stereocenters. The Kier molecular flexibility index (Phi) is 4.91. The average molecular weight is 261 g/mol. The first-order chi connectivity index (χ1) is 9.16. The molecule has 1 aromatic rings. The first kappa shape index (κ1) is 14.0. The smallest absolute Gasteiger partial charge is 0.239 e. The molecule has 0 aliphatic carbocycles. The quantitative estimate of drug-likeness (QED) is 0.876. The number of nitrogens with zero attached hydrogens (tertiary/aromatic N) is 2. The molecule has 19 heavy (non-hydrogen) atoms. The van der Waals surface area contributed by atoms with Crippen molar-refractivity contribution in [3.63, 3.8) is 0 Å². The Bertz CT molecular complexity index is 405. The van der Waals surface area contributed by atoms with Gasteiger partial charge in [-0.2, -0.15) is 0 Å². The highest BCUT2D eigenvalue weighted by Crippen LogP contribution is 2.13. The molecule has 0 radical (unpaired) electrons. The minimum atomic E-state index is 0.00573. The van der Waals surface area contributed by atoms with E-state index < -0.39 is 0 Å². The number of pyridine rings is 1. The number of hydrogen-bond acceptors (Lipinski definition) is 3. The second-order valence-electron chi connectivity index (χ2n) is 5.45. The summed E-state index contributed by atoms with van der Waals surface area (Å²) in [6.07, 6.45) is 6.56. The number of piperidine rings is 1. The van der Waals surface area contributed by atoms with E-state index in [-0.39, 0.29) is 11.9 Å². The first-order valence-electron chi connectivity index (χ1n) is 7.10. The van der Waals surface area contributed by atoms with Crippen LogP contribution >= 0.6 is 0 Å². The molecule has 0 spiro atoms. The fourth-order valence-corrected chi connectivity index (χ4v) is 2.53. The highest BCUT2D eigenvalue weighted by molar-refractivity contribution is 5.82. The molecule has 1 saturated heterocycles. The molecule has 1 aliphatic rings. The summed E-state index contributed by atoms with van der Waals surface area (Å²) in [5.41, 5.74) is 1.24. The van der Waals surface area contributed by atoms with E-state index in [1.165, 1.54) is 5.56 Å². The lowest BCUT2D eigenvalue weighted by Crippen LogP contribution is -2.52. The Hall–Kier alpha value is -1.42. The summed E-state index contributed by atoms with van der Waals surface area (Å²) < 4.78 is 0. The van der Waals surface area contributed by atoms with Gasteiger partial charge in [0.15, 0.2) is 0 Å². The van der Waals surface area contributed by atoms with Crippen LogP contribution in [0.1, 0.15) is 32.3 Å². The van der Waals surface area contributed by atoms with E-state index >= 15 is 0 Å². The number of amides is 1. The van der Waals surface area contributed by atoms with Crippen molar-refractivity contribution in [1.29, 1.82) is 0 Å². The van der Waals surface area contributed by atoms with Gasteiger partial charge in [0, 0.05) is 31.5 Å². The number of likely N-dealkylation sites (tertiary alicyclic amines) is 1. The van der Waals surface area contributed by atoms with Gasteiger partial charge in [-0.15, -0.1) is 0 Å². The minimum absolute atomic E-state index is 0.00573. The van der Waals surface area contributed by atoms with Crippen molar-refractivity contribution in [2.24, 2.45) is 0 Å². The van der Waals surface area contributed by atoms with Crippen molar-refractivity contribution in [2.75, 3.05) is 13.1 Å². The van der Waals surface area contributed by atoms with Crippen molar-refractivity contribution in [2.45, 2.75) is 45.2 Å². The van der Waals surface area contributed by atoms with Gasteiger partial charge in [0.05, 0.1) is 6.04 Å². The molecule has 1 unspecified atom stereocenters. The Morgan fingerprint density at radius 2 is 2.16 bits per heavy atom. The number of rotatable bonds is 5. The summed E-state index contributed by atoms with van der Waals surface area (Å²) in [7, 11) is 0. The van der Waals surface area contributed by atoms with E-state index in [0.29, 0.717) is 6.04 Å². The highest BCUT2D eigenvalue weighted by Gasteiger charge is 2.28. The SMILES string of the molecule is CC(C)NC1CCCN(CCc2ccncc2)C1=O. The summed E-state index contributed by atoms with van der Waals surface area (Å²) in [4.78, 5) is 18.3. The summed E-state index contributed by atoms with van der Waals surface area (Å²) >= 11 is 0. The van der Waals surface area contributed by atoms with Crippen LogP contribution in [0.3, 0.4) is 0 Å². The van der Waals surface area contributed by atoms with Gasteiger partial charge in [-0.25, -0.2) is 0 Å². The lowest BCUT2D eigenvalue weighted by atomic mass is 10.0. The molecule has 1 N–H and O–H groups in total. The van der Waals surface area contributed by atoms with Crippen molar-refractivity contribution >= 4 is 5.91 Å². The molecule has 0 saturated carbocycles. The summed E-state index contributed by atoms with van der Waals surface area (Å²) in [6, 6.07) is 4.39. The predicted octanol–water partition coefficient (Wildman–Crippen LogP) is 1.61. The van der Waals surface area contributed by atoms with Gasteiger partial charge in [0.2, 0.25) is 5.91 Å². The van der Waals surface area contributed by atoms with E-state index in [4.69, 9.17) is 0 Å². The van der Waals surface area contributed by atoms with E-state index in [1.54, 1.807) is 12.4 Å². The van der Waals surface area contributed by atoms with Crippen LogP contribution < -0.4 is 5.32 Å². The number of nitrogens with one attached hydrogen (secondary N) is 1. The van der Waals surface area contributed by atoms with Gasteiger partial charge in [0.1, 0.15) is 0 Å². The summed E-state index contributed by atoms with van der Waals surface area (Å²) in [5, 5.41) is 3.36. The van der Waals surface area contributed by atoms with Gasteiger partial charge < -0.3 is 10.2 Å². The standard InChI is InChI=1S/C15H23N3O/c1-12(2)17-14-4-3-10-18(15(14)19)11-7-13-5-8-16-9-6-13/h5-6,8-9,12,14,17H,3-4,7,10-11H2,1-2H3. The molecule has 4 heteroatoms. The zero-order chi connectivity index (χ0) is 13.7. The van der Waals surface area contributed by atoms with Crippen LogP contribution in [-0.4, -0.2) is 41.0 Å². The van der Waals surface area contributed by atoms with Crippen molar-refractivity contribution < 1.29 is 4.79 Å². The third-order valence-corrected chi connectivity index (χ3v) is 3.48. The molecule has 0 bridgehead atoms. The second-order valence-corrected chi connectivity index (χ2v) is 5.45. The monoisotopic (exact) mass is 261 g/mol. The van der Waals surface area contributed by atoms with E-state index in [9.17, 15) is 4.79 Å². The maximum atomic E-state index is 12.3. The van der Waals surface area contributed by atoms with Gasteiger partial charge >= 0.3 is 0 Å². The third kappa shape index (κ3) is 4.03. The Morgan fingerprint density at radius 1 is 1.42 bits per heavy atom. The fraction of sp³-hybridized carbons (Fsp3) is 0.600. The zero-order valence-electron chi connectivity index (χ0n) is 11.8. The topological polar surface area (TPSA) is 45.2 Å². The molecule has 1 fully saturated rings. The molecular formula is C15H23N3O. The molecule has 1 aromatic heterocycles. The van der Waals surface area contributed by atoms with Crippen molar-refractivity contribution in [1.82, 2.24) is 15.2 Å². The third-order valence-electron chi connectivity index (χ3n) is 3.48. The molecule has 1 aliphatic heterocycles. The Labute approximate surface area is 115 Å². The second kappa shape index (κ2) is 6.66. The van der Waals surface area contributed by atoms with Crippen LogP contribution in [0.25, 0.3) is 0 Å². The van der Waals surface area contributed by atoms with E-state index in [0.717, 1.165) is 32.4 Å². The van der Waals surface area contributed by atoms with Crippen molar-refractivity contribution in [3.05, 3.63) is 30.1 Å². The maximum Gasteiger partial charge on any atom is 0.239 e. The van der Waals surface area contributed by atoms with Crippen molar-refractivity contribution in [3.8, 4) is 0 Å². The highest BCUT2D eigenvalue weighted by atomic mass is 16.2. The Balaban J connectivity index is 1.87. The van der Waals surface area contributed by atoms with Crippen LogP contribution in [0, 0.1) is 0 Å². The maximum absolute atomic E-state index is 12.3. The zero-order valence-corrected chi connectivity index (χ0v) is 11.8. The fourth-order valence-electron chi connectivity index (χ4n) is 2.53. The van der Waals surface area contributed by atoms with Gasteiger partial charge in [0.25, 0.3) is 0 Å². The summed E-state index contributed by atoms with van der Waals surface area (Å²) in [6.45, 7) is 5.87. The molecule has 4 nitrogen and oxygen atoms in total.